The van der Waals surface area contributed by atoms with Gasteiger partial charge in [0, 0.05) is 47.7 Å². The lowest BCUT2D eigenvalue weighted by Gasteiger charge is -2.18. The van der Waals surface area contributed by atoms with E-state index in [2.05, 4.69) is 6.07 Å². The summed E-state index contributed by atoms with van der Waals surface area (Å²) in [6.07, 6.45) is 4.23. The van der Waals surface area contributed by atoms with E-state index in [0.29, 0.717) is 52.9 Å². The van der Waals surface area contributed by atoms with Gasteiger partial charge < -0.3 is 38.6 Å². The number of aryl methyl sites for hydroxylation is 3. The fraction of sp³-hybridized carbons (Fsp3) is 0.351. The first-order valence-electron chi connectivity index (χ1n) is 15.0. The summed E-state index contributed by atoms with van der Waals surface area (Å²) in [6.45, 7) is 3.95. The van der Waals surface area contributed by atoms with Crippen LogP contribution in [0.5, 0.6) is 46.0 Å². The summed E-state index contributed by atoms with van der Waals surface area (Å²) in [5.41, 5.74) is 8.06. The van der Waals surface area contributed by atoms with Gasteiger partial charge in [0.15, 0.2) is 11.5 Å². The highest BCUT2D eigenvalue weighted by molar-refractivity contribution is 6.32. The first-order chi connectivity index (χ1) is 22.1. The maximum Gasteiger partial charge on any atom is 0.168 e. The number of halogens is 1. The van der Waals surface area contributed by atoms with Gasteiger partial charge in [0.25, 0.3) is 0 Å². The van der Waals surface area contributed by atoms with Crippen LogP contribution in [0.15, 0.2) is 42.5 Å². The summed E-state index contributed by atoms with van der Waals surface area (Å²) >= 11 is 6.08. The molecule has 9 heteroatoms. The second-order valence-electron chi connectivity index (χ2n) is 11.1. The Labute approximate surface area is 276 Å². The molecule has 0 fully saturated rings. The van der Waals surface area contributed by atoms with Gasteiger partial charge >= 0.3 is 0 Å². The third kappa shape index (κ3) is 7.18. The van der Waals surface area contributed by atoms with Crippen molar-refractivity contribution in [2.24, 2.45) is 0 Å². The van der Waals surface area contributed by atoms with Gasteiger partial charge in [0.2, 0.25) is 0 Å². The van der Waals surface area contributed by atoms with Crippen LogP contribution in [0.4, 0.5) is 0 Å². The normalized spacial score (nSPS) is 11.7. The SMILES string of the molecule is COc1cc(C)ccc1Cc1c(O)c(Cl)cc(OC)c1OC.COc1cc(OC)c(Cc2c(O)c(C)cc3c2CCC3)c(OC)c1. The van der Waals surface area contributed by atoms with Crippen molar-refractivity contribution >= 4 is 11.6 Å². The Balaban J connectivity index is 0.000000210. The Bertz CT molecular complexity index is 1670. The molecule has 0 unspecified atom stereocenters. The molecule has 0 bridgehead atoms. The Morgan fingerprint density at radius 2 is 1.28 bits per heavy atom. The summed E-state index contributed by atoms with van der Waals surface area (Å²) in [5, 5.41) is 21.2. The van der Waals surface area contributed by atoms with E-state index in [-0.39, 0.29) is 10.8 Å². The molecule has 1 aliphatic carbocycles. The zero-order valence-electron chi connectivity index (χ0n) is 27.8. The zero-order chi connectivity index (χ0) is 33.5. The molecule has 8 nitrogen and oxygen atoms in total. The van der Waals surface area contributed by atoms with Crippen molar-refractivity contribution in [2.75, 3.05) is 42.7 Å². The van der Waals surface area contributed by atoms with Crippen LogP contribution in [0.3, 0.4) is 0 Å². The second kappa shape index (κ2) is 15.2. The topological polar surface area (TPSA) is 95.8 Å². The van der Waals surface area contributed by atoms with Crippen LogP contribution in [0.1, 0.15) is 50.9 Å². The quantitative estimate of drug-likeness (QED) is 0.180. The van der Waals surface area contributed by atoms with E-state index in [1.807, 2.05) is 44.2 Å². The second-order valence-corrected chi connectivity index (χ2v) is 11.5. The highest BCUT2D eigenvalue weighted by Gasteiger charge is 2.23. The van der Waals surface area contributed by atoms with Crippen LogP contribution in [0, 0.1) is 13.8 Å². The molecular weight excluding hydrogens is 608 g/mol. The summed E-state index contributed by atoms with van der Waals surface area (Å²) < 4.78 is 32.5. The number of benzene rings is 4. The molecule has 0 amide bonds. The number of methoxy groups -OCH3 is 6. The first kappa shape index (κ1) is 34.4. The molecule has 0 saturated heterocycles. The lowest BCUT2D eigenvalue weighted by atomic mass is 9.93. The van der Waals surface area contributed by atoms with Gasteiger partial charge in [-0.2, -0.15) is 0 Å². The maximum absolute atomic E-state index is 10.6. The van der Waals surface area contributed by atoms with Gasteiger partial charge in [-0.3, -0.25) is 0 Å². The molecule has 0 atom stereocenters. The van der Waals surface area contributed by atoms with Crippen molar-refractivity contribution in [3.63, 3.8) is 0 Å². The molecule has 0 heterocycles. The van der Waals surface area contributed by atoms with Gasteiger partial charge in [0.05, 0.1) is 47.7 Å². The van der Waals surface area contributed by atoms with E-state index in [1.54, 1.807) is 28.4 Å². The highest BCUT2D eigenvalue weighted by atomic mass is 35.5. The number of aromatic hydroxyl groups is 2. The van der Waals surface area contributed by atoms with E-state index < -0.39 is 0 Å². The molecule has 1 aliphatic rings. The summed E-state index contributed by atoms with van der Waals surface area (Å²) in [5.74, 6) is 4.17. The minimum atomic E-state index is -0.0121. The van der Waals surface area contributed by atoms with Crippen LogP contribution in [-0.4, -0.2) is 52.9 Å². The fourth-order valence-corrected chi connectivity index (χ4v) is 6.19. The molecular formula is C37H43ClO8. The van der Waals surface area contributed by atoms with Gasteiger partial charge in [-0.15, -0.1) is 0 Å². The molecule has 4 aromatic carbocycles. The lowest BCUT2D eigenvalue weighted by molar-refractivity contribution is 0.347. The average molecular weight is 651 g/mol. The third-order valence-electron chi connectivity index (χ3n) is 8.35. The van der Waals surface area contributed by atoms with Crippen LogP contribution < -0.4 is 28.4 Å². The van der Waals surface area contributed by atoms with Crippen LogP contribution in [0.2, 0.25) is 5.02 Å². The van der Waals surface area contributed by atoms with Crippen molar-refractivity contribution < 1.29 is 38.6 Å². The smallest absolute Gasteiger partial charge is 0.168 e. The van der Waals surface area contributed by atoms with Crippen LogP contribution in [0.25, 0.3) is 0 Å². The molecule has 0 spiro atoms. The van der Waals surface area contributed by atoms with Gasteiger partial charge in [-0.05, 0) is 67.0 Å². The van der Waals surface area contributed by atoms with E-state index in [1.165, 1.54) is 31.4 Å². The molecule has 246 valence electrons. The highest BCUT2D eigenvalue weighted by Crippen LogP contribution is 2.44. The van der Waals surface area contributed by atoms with Gasteiger partial charge in [-0.1, -0.05) is 29.8 Å². The van der Waals surface area contributed by atoms with Crippen molar-refractivity contribution in [2.45, 2.75) is 46.0 Å². The number of rotatable bonds is 10. The van der Waals surface area contributed by atoms with Crippen molar-refractivity contribution in [1.82, 2.24) is 0 Å². The third-order valence-corrected chi connectivity index (χ3v) is 8.64. The summed E-state index contributed by atoms with van der Waals surface area (Å²) in [7, 11) is 9.57. The van der Waals surface area contributed by atoms with Gasteiger partial charge in [-0.25, -0.2) is 0 Å². The monoisotopic (exact) mass is 650 g/mol. The molecule has 4 aromatic rings. The minimum absolute atomic E-state index is 0.0121. The molecule has 0 aliphatic heterocycles. The van der Waals surface area contributed by atoms with Gasteiger partial charge in [0.1, 0.15) is 34.5 Å². The largest absolute Gasteiger partial charge is 0.507 e. The Kier molecular flexibility index (Phi) is 11.4. The van der Waals surface area contributed by atoms with Crippen molar-refractivity contribution in [3.8, 4) is 46.0 Å². The molecule has 0 saturated carbocycles. The van der Waals surface area contributed by atoms with Crippen LogP contribution >= 0.6 is 11.6 Å². The molecule has 46 heavy (non-hydrogen) atoms. The molecule has 2 N–H and O–H groups in total. The predicted molar refractivity (Wildman–Crippen MR) is 181 cm³/mol. The molecule has 0 radical (unpaired) electrons. The Hall–Kier alpha value is -4.43. The number of ether oxygens (including phenoxy) is 6. The lowest BCUT2D eigenvalue weighted by Crippen LogP contribution is -2.03. The van der Waals surface area contributed by atoms with E-state index in [9.17, 15) is 10.2 Å². The van der Waals surface area contributed by atoms with Crippen LogP contribution in [-0.2, 0) is 25.7 Å². The Morgan fingerprint density at radius 3 is 1.87 bits per heavy atom. The first-order valence-corrected chi connectivity index (χ1v) is 15.4. The number of hydrogen-bond donors (Lipinski definition) is 2. The van der Waals surface area contributed by atoms with Crippen molar-refractivity contribution in [3.05, 3.63) is 92.0 Å². The molecule has 0 aromatic heterocycles. The standard InChI is InChI=1S/C20H24O4.C17H19ClO4/c1-12-8-13-6-5-7-15(13)16(20(12)21)11-17-18(23-3)9-14(22-2)10-19(17)24-4;1-10-5-6-11(14(7-10)20-2)8-12-16(19)13(18)9-15(21-3)17(12)22-4/h8-10,21H,5-7,11H2,1-4H3;5-7,9,19H,8H2,1-4H3. The maximum atomic E-state index is 10.6. The predicted octanol–water partition coefficient (Wildman–Crippen LogP) is 7.78. The minimum Gasteiger partial charge on any atom is -0.507 e. The fourth-order valence-electron chi connectivity index (χ4n) is 5.98. The van der Waals surface area contributed by atoms with E-state index in [0.717, 1.165) is 52.8 Å². The number of fused-ring (bicyclic) bond motifs is 1. The van der Waals surface area contributed by atoms with E-state index in [4.69, 9.17) is 40.0 Å². The summed E-state index contributed by atoms with van der Waals surface area (Å²) in [6, 6.07) is 13.2. The molecule has 5 rings (SSSR count). The van der Waals surface area contributed by atoms with E-state index >= 15 is 0 Å². The van der Waals surface area contributed by atoms with Crippen molar-refractivity contribution in [1.29, 1.82) is 0 Å². The number of hydrogen-bond acceptors (Lipinski definition) is 8. The summed E-state index contributed by atoms with van der Waals surface area (Å²) in [4.78, 5) is 0. The Morgan fingerprint density at radius 1 is 0.630 bits per heavy atom. The number of phenolic OH excluding ortho intramolecular Hbond substituents is 2. The average Bonchev–Trinajstić information content (AvgIpc) is 3.53. The number of phenols is 2. The zero-order valence-corrected chi connectivity index (χ0v) is 28.6.